The molecule has 0 unspecified atom stereocenters. The molecule has 9 nitrogen and oxygen atoms in total. The van der Waals surface area contributed by atoms with E-state index in [1.165, 1.54) is 21.0 Å². The van der Waals surface area contributed by atoms with Crippen LogP contribution >= 0.6 is 0 Å². The summed E-state index contributed by atoms with van der Waals surface area (Å²) in [4.78, 5) is 28.6. The highest BCUT2D eigenvalue weighted by atomic mass is 19.1. The quantitative estimate of drug-likeness (QED) is 0.488. The van der Waals surface area contributed by atoms with Gasteiger partial charge in [0.25, 0.3) is 0 Å². The number of carboxylic acid groups (broad SMARTS) is 1. The second-order valence-electron chi connectivity index (χ2n) is 9.52. The molecule has 0 aliphatic carbocycles. The maximum absolute atomic E-state index is 13.6. The van der Waals surface area contributed by atoms with Crippen molar-refractivity contribution in [3.8, 4) is 0 Å². The average Bonchev–Trinajstić information content (AvgIpc) is 2.66. The summed E-state index contributed by atoms with van der Waals surface area (Å²) in [5.74, 6) is -0.307. The number of carbonyl (C=O) groups excluding carboxylic acids is 1. The van der Waals surface area contributed by atoms with Crippen LogP contribution < -0.4 is 10.6 Å². The number of alkyl halides is 2. The van der Waals surface area contributed by atoms with Crippen molar-refractivity contribution in [2.24, 2.45) is 0 Å². The summed E-state index contributed by atoms with van der Waals surface area (Å²) in [7, 11) is 1.41. The standard InChI is InChI=1S/C13H24FN3O4.C8H17FN2/c1-13(2,14)9-16-4-6-17(7-5-16)11(18)10(8-21-3)15-12(19)20;1-8(2,9)7-11-5-3-10-4-6-11/h10,15H,4-9H2,1-3H3,(H,19,20);10H,3-7H2,1-2H3/t10-;/m0./s1. The summed E-state index contributed by atoms with van der Waals surface area (Å²) in [5.41, 5.74) is -2.31. The Morgan fingerprint density at radius 1 is 0.969 bits per heavy atom. The number of nitrogens with zero attached hydrogens (tertiary/aromatic N) is 3. The molecule has 0 saturated carbocycles. The number of piperazine rings is 2. The van der Waals surface area contributed by atoms with Gasteiger partial charge in [0.15, 0.2) is 0 Å². The first-order valence-corrected chi connectivity index (χ1v) is 11.1. The van der Waals surface area contributed by atoms with Gasteiger partial charge in [-0.05, 0) is 27.7 Å². The summed E-state index contributed by atoms with van der Waals surface area (Å²) in [6.45, 7) is 13.2. The van der Waals surface area contributed by atoms with Gasteiger partial charge < -0.3 is 25.4 Å². The van der Waals surface area contributed by atoms with Gasteiger partial charge in [-0.3, -0.25) is 14.6 Å². The van der Waals surface area contributed by atoms with Gasteiger partial charge in [-0.1, -0.05) is 0 Å². The zero-order valence-electron chi connectivity index (χ0n) is 20.1. The van der Waals surface area contributed by atoms with Gasteiger partial charge in [0.05, 0.1) is 6.61 Å². The lowest BCUT2D eigenvalue weighted by atomic mass is 10.1. The highest BCUT2D eigenvalue weighted by Gasteiger charge is 2.30. The molecule has 0 bridgehead atoms. The first kappa shape index (κ1) is 28.5. The Bertz CT molecular complexity index is 570. The van der Waals surface area contributed by atoms with E-state index in [1.54, 1.807) is 18.7 Å². The molecule has 2 aliphatic rings. The molecule has 11 heteroatoms. The summed E-state index contributed by atoms with van der Waals surface area (Å²) in [6.07, 6.45) is -1.26. The molecule has 0 radical (unpaired) electrons. The van der Waals surface area contributed by atoms with Crippen molar-refractivity contribution in [1.29, 1.82) is 0 Å². The number of carbonyl (C=O) groups is 2. The predicted octanol–water partition coefficient (Wildman–Crippen LogP) is 0.801. The zero-order chi connectivity index (χ0) is 24.4. The number of amides is 2. The lowest BCUT2D eigenvalue weighted by Gasteiger charge is -2.37. The minimum atomic E-state index is -1.27. The minimum Gasteiger partial charge on any atom is -0.465 e. The Labute approximate surface area is 190 Å². The molecule has 2 amide bonds. The zero-order valence-corrected chi connectivity index (χ0v) is 20.1. The van der Waals surface area contributed by atoms with Gasteiger partial charge in [-0.25, -0.2) is 13.6 Å². The maximum atomic E-state index is 13.6. The van der Waals surface area contributed by atoms with Crippen molar-refractivity contribution in [2.75, 3.05) is 79.2 Å². The number of nitrogens with one attached hydrogen (secondary N) is 2. The largest absolute Gasteiger partial charge is 0.465 e. The summed E-state index contributed by atoms with van der Waals surface area (Å²) < 4.78 is 31.6. The van der Waals surface area contributed by atoms with Crippen LogP contribution in [0.4, 0.5) is 13.6 Å². The van der Waals surface area contributed by atoms with E-state index in [0.29, 0.717) is 39.3 Å². The van der Waals surface area contributed by atoms with Crippen molar-refractivity contribution < 1.29 is 28.2 Å². The second kappa shape index (κ2) is 13.2. The van der Waals surface area contributed by atoms with Crippen molar-refractivity contribution in [1.82, 2.24) is 25.3 Å². The Balaban J connectivity index is 0.000000389. The van der Waals surface area contributed by atoms with Gasteiger partial charge in [-0.2, -0.15) is 0 Å². The van der Waals surface area contributed by atoms with Crippen molar-refractivity contribution in [3.05, 3.63) is 0 Å². The molecule has 32 heavy (non-hydrogen) atoms. The van der Waals surface area contributed by atoms with Crippen molar-refractivity contribution in [2.45, 2.75) is 45.1 Å². The normalized spacial score (nSPS) is 19.7. The number of ether oxygens (including phenoxy) is 1. The fraction of sp³-hybridized carbons (Fsp3) is 0.905. The molecule has 0 aromatic carbocycles. The first-order chi connectivity index (χ1) is 14.8. The highest BCUT2D eigenvalue weighted by molar-refractivity contribution is 5.85. The maximum Gasteiger partial charge on any atom is 0.405 e. The van der Waals surface area contributed by atoms with Crippen LogP contribution in [0.1, 0.15) is 27.7 Å². The lowest BCUT2D eigenvalue weighted by molar-refractivity contribution is -0.136. The minimum absolute atomic E-state index is 0.0111. The van der Waals surface area contributed by atoms with E-state index in [4.69, 9.17) is 9.84 Å². The molecular formula is C21H41F2N5O4. The van der Waals surface area contributed by atoms with Gasteiger partial charge in [0.1, 0.15) is 17.4 Å². The van der Waals surface area contributed by atoms with Crippen LogP contribution in [-0.4, -0.2) is 128 Å². The van der Waals surface area contributed by atoms with Crippen molar-refractivity contribution >= 4 is 12.0 Å². The predicted molar refractivity (Wildman–Crippen MR) is 120 cm³/mol. The van der Waals surface area contributed by atoms with E-state index in [0.717, 1.165) is 26.2 Å². The Hall–Kier alpha value is -1.56. The molecule has 0 aromatic rings. The number of hydrogen-bond donors (Lipinski definition) is 3. The van der Waals surface area contributed by atoms with Gasteiger partial charge in [0, 0.05) is 72.6 Å². The number of hydrogen-bond acceptors (Lipinski definition) is 6. The molecule has 0 spiro atoms. The topological polar surface area (TPSA) is 97.4 Å². The molecule has 2 saturated heterocycles. The smallest absolute Gasteiger partial charge is 0.405 e. The van der Waals surface area contributed by atoms with Crippen LogP contribution in [-0.2, 0) is 9.53 Å². The van der Waals surface area contributed by atoms with Gasteiger partial charge >= 0.3 is 6.09 Å². The van der Waals surface area contributed by atoms with E-state index in [9.17, 15) is 18.4 Å². The average molecular weight is 466 g/mol. The molecular weight excluding hydrogens is 424 g/mol. The monoisotopic (exact) mass is 465 g/mol. The molecule has 1 atom stereocenters. The van der Waals surface area contributed by atoms with E-state index in [-0.39, 0.29) is 12.5 Å². The van der Waals surface area contributed by atoms with Gasteiger partial charge in [-0.15, -0.1) is 0 Å². The third-order valence-corrected chi connectivity index (χ3v) is 5.02. The number of rotatable bonds is 8. The van der Waals surface area contributed by atoms with E-state index in [2.05, 4.69) is 15.5 Å². The third kappa shape index (κ3) is 12.5. The van der Waals surface area contributed by atoms with Crippen LogP contribution in [0.2, 0.25) is 0 Å². The molecule has 0 aromatic heterocycles. The number of halogens is 2. The second-order valence-corrected chi connectivity index (χ2v) is 9.52. The molecule has 2 heterocycles. The molecule has 2 rings (SSSR count). The summed E-state index contributed by atoms with van der Waals surface area (Å²) in [6, 6.07) is -0.906. The Morgan fingerprint density at radius 3 is 1.84 bits per heavy atom. The fourth-order valence-corrected chi connectivity index (χ4v) is 3.77. The van der Waals surface area contributed by atoms with Crippen LogP contribution in [0, 0.1) is 0 Å². The van der Waals surface area contributed by atoms with Crippen LogP contribution in [0.5, 0.6) is 0 Å². The van der Waals surface area contributed by atoms with Crippen LogP contribution in [0.15, 0.2) is 0 Å². The fourth-order valence-electron chi connectivity index (χ4n) is 3.77. The van der Waals surface area contributed by atoms with E-state index >= 15 is 0 Å². The van der Waals surface area contributed by atoms with Crippen LogP contribution in [0.3, 0.4) is 0 Å². The lowest BCUT2D eigenvalue weighted by Crippen LogP contribution is -2.57. The summed E-state index contributed by atoms with van der Waals surface area (Å²) >= 11 is 0. The van der Waals surface area contributed by atoms with Crippen LogP contribution in [0.25, 0.3) is 0 Å². The molecule has 3 N–H and O–H groups in total. The molecule has 2 aliphatic heterocycles. The highest BCUT2D eigenvalue weighted by Crippen LogP contribution is 2.13. The van der Waals surface area contributed by atoms with E-state index in [1.807, 2.05) is 4.90 Å². The SMILES string of the molecule is CC(C)(F)CN1CCNCC1.COC[C@H](NC(=O)O)C(=O)N1CCN(CC(C)(C)F)CC1. The Morgan fingerprint density at radius 2 is 1.44 bits per heavy atom. The van der Waals surface area contributed by atoms with E-state index < -0.39 is 23.5 Å². The Kier molecular flexibility index (Phi) is 11.8. The third-order valence-electron chi connectivity index (χ3n) is 5.02. The summed E-state index contributed by atoms with van der Waals surface area (Å²) in [5, 5.41) is 14.1. The van der Waals surface area contributed by atoms with Gasteiger partial charge in [0.2, 0.25) is 5.91 Å². The first-order valence-electron chi connectivity index (χ1n) is 11.1. The molecule has 188 valence electrons. The van der Waals surface area contributed by atoms with Crippen molar-refractivity contribution in [3.63, 3.8) is 0 Å². The number of methoxy groups -OCH3 is 1. The molecule has 2 fully saturated rings.